The molecule has 3 fully saturated rings. The first kappa shape index (κ1) is 46.1. The number of carbonyl (C=O) groups is 4. The zero-order valence-corrected chi connectivity index (χ0v) is 34.4. The molecule has 3 saturated carbocycles. The quantitative estimate of drug-likeness (QED) is 0.0483. The van der Waals surface area contributed by atoms with E-state index in [2.05, 4.69) is 27.7 Å². The predicted octanol–water partition coefficient (Wildman–Crippen LogP) is 7.28. The third-order valence-electron chi connectivity index (χ3n) is 13.5. The maximum atomic E-state index is 13.3. The van der Waals surface area contributed by atoms with Crippen LogP contribution < -0.4 is 17.2 Å². The summed E-state index contributed by atoms with van der Waals surface area (Å²) >= 11 is 0. The second kappa shape index (κ2) is 23.7. The summed E-state index contributed by atoms with van der Waals surface area (Å²) < 4.78 is 24.0. The Morgan fingerprint density at radius 1 is 0.704 bits per heavy atom. The minimum atomic E-state index is -0.360. The highest BCUT2D eigenvalue weighted by atomic mass is 16.6. The van der Waals surface area contributed by atoms with Gasteiger partial charge < -0.3 is 36.1 Å². The molecule has 0 radical (unpaired) electrons. The zero-order chi connectivity index (χ0) is 39.6. The number of carbonyl (C=O) groups excluding carboxylic acids is 4. The summed E-state index contributed by atoms with van der Waals surface area (Å²) in [5.41, 5.74) is 16.7. The Kier molecular flexibility index (Phi) is 20.3. The molecule has 54 heavy (non-hydrogen) atoms. The predicted molar refractivity (Wildman–Crippen MR) is 211 cm³/mol. The van der Waals surface area contributed by atoms with Crippen molar-refractivity contribution in [2.75, 3.05) is 26.2 Å². The monoisotopic (exact) mass is 764 g/mol. The fraction of sp³-hybridized carbons (Fsp3) is 0.907. The van der Waals surface area contributed by atoms with E-state index in [1.807, 2.05) is 0 Å². The fourth-order valence-electron chi connectivity index (χ4n) is 10.2. The van der Waals surface area contributed by atoms with E-state index in [4.69, 9.17) is 36.1 Å². The number of esters is 4. The van der Waals surface area contributed by atoms with Gasteiger partial charge in [-0.3, -0.25) is 19.2 Å². The Balaban J connectivity index is 1.72. The molecule has 0 saturated heterocycles. The van der Waals surface area contributed by atoms with Gasteiger partial charge >= 0.3 is 23.9 Å². The molecule has 3 aliphatic carbocycles. The molecule has 0 bridgehead atoms. The number of hydrogen-bond donors (Lipinski definition) is 3. The van der Waals surface area contributed by atoms with Crippen LogP contribution in [0.25, 0.3) is 0 Å². The van der Waals surface area contributed by atoms with Crippen molar-refractivity contribution in [3.63, 3.8) is 0 Å². The molecule has 3 aliphatic rings. The maximum Gasteiger partial charge on any atom is 0.307 e. The van der Waals surface area contributed by atoms with E-state index in [1.54, 1.807) is 0 Å². The molecule has 11 nitrogen and oxygen atoms in total. The van der Waals surface area contributed by atoms with Gasteiger partial charge in [-0.05, 0) is 93.3 Å². The van der Waals surface area contributed by atoms with Gasteiger partial charge in [0.2, 0.25) is 0 Å². The number of unbranched alkanes of at least 4 members (excludes halogenated alkanes) is 7. The molecular weight excluding hydrogens is 686 g/mol. The van der Waals surface area contributed by atoms with Crippen molar-refractivity contribution in [1.29, 1.82) is 0 Å². The molecule has 11 heteroatoms. The molecule has 0 aromatic heterocycles. The standard InChI is InChI=1S/C43H77N3O8/c1-5-6-7-8-9-10-11-12-26-51-38(47)16-15-31(2)36-14-13-21-43(36,4)37(54-41(50)20-25-46)30-33-29-35(53-40(49)19-24-45)28-32-27-34(17-22-42(32,33)3)52-39(48)18-23-44/h31-37H,5-30,44-46H2,1-4H3. The summed E-state index contributed by atoms with van der Waals surface area (Å²) in [5, 5.41) is 0. The van der Waals surface area contributed by atoms with Gasteiger partial charge in [-0.2, -0.15) is 0 Å². The van der Waals surface area contributed by atoms with Crippen LogP contribution in [0.4, 0.5) is 0 Å². The minimum Gasteiger partial charge on any atom is -0.466 e. The van der Waals surface area contributed by atoms with Crippen LogP contribution in [-0.4, -0.2) is 68.4 Å². The molecule has 0 heterocycles. The van der Waals surface area contributed by atoms with Crippen LogP contribution in [0, 0.1) is 34.5 Å². The highest BCUT2D eigenvalue weighted by Gasteiger charge is 2.55. The Labute approximate surface area is 326 Å². The summed E-state index contributed by atoms with van der Waals surface area (Å²) in [4.78, 5) is 51.2. The van der Waals surface area contributed by atoms with Crippen molar-refractivity contribution in [3.05, 3.63) is 0 Å². The molecule has 0 aliphatic heterocycles. The van der Waals surface area contributed by atoms with Crippen molar-refractivity contribution < 1.29 is 38.1 Å². The average molecular weight is 764 g/mol. The number of hydrogen-bond acceptors (Lipinski definition) is 11. The number of rotatable bonds is 25. The lowest BCUT2D eigenvalue weighted by Crippen LogP contribution is -2.52. The highest BCUT2D eigenvalue weighted by Crippen LogP contribution is 2.59. The van der Waals surface area contributed by atoms with Crippen LogP contribution in [-0.2, 0) is 38.1 Å². The highest BCUT2D eigenvalue weighted by molar-refractivity contribution is 5.71. The molecule has 9 atom stereocenters. The largest absolute Gasteiger partial charge is 0.466 e. The van der Waals surface area contributed by atoms with E-state index in [1.165, 1.54) is 38.5 Å². The second-order valence-corrected chi connectivity index (χ2v) is 17.4. The number of fused-ring (bicyclic) bond motifs is 1. The Hall–Kier alpha value is -2.24. The molecular formula is C43H77N3O8. The first-order chi connectivity index (χ1) is 25.9. The first-order valence-electron chi connectivity index (χ1n) is 21.7. The molecule has 6 N–H and O–H groups in total. The summed E-state index contributed by atoms with van der Waals surface area (Å²) in [6.45, 7) is 10.2. The van der Waals surface area contributed by atoms with Crippen molar-refractivity contribution in [2.45, 2.75) is 187 Å². The van der Waals surface area contributed by atoms with E-state index in [-0.39, 0.29) is 116 Å². The van der Waals surface area contributed by atoms with Gasteiger partial charge in [0, 0.05) is 31.5 Å². The van der Waals surface area contributed by atoms with E-state index < -0.39 is 0 Å². The Morgan fingerprint density at radius 3 is 1.94 bits per heavy atom. The smallest absolute Gasteiger partial charge is 0.307 e. The Bertz CT molecular complexity index is 1150. The van der Waals surface area contributed by atoms with Crippen LogP contribution in [0.5, 0.6) is 0 Å². The van der Waals surface area contributed by atoms with Gasteiger partial charge in [0.15, 0.2) is 0 Å². The van der Waals surface area contributed by atoms with Gasteiger partial charge in [0.1, 0.15) is 18.3 Å². The van der Waals surface area contributed by atoms with Crippen LogP contribution in [0.3, 0.4) is 0 Å². The van der Waals surface area contributed by atoms with Gasteiger partial charge in [-0.25, -0.2) is 0 Å². The van der Waals surface area contributed by atoms with E-state index in [0.29, 0.717) is 38.7 Å². The normalized spacial score (nSPS) is 29.1. The zero-order valence-electron chi connectivity index (χ0n) is 34.4. The van der Waals surface area contributed by atoms with E-state index in [0.717, 1.165) is 51.4 Å². The fourth-order valence-corrected chi connectivity index (χ4v) is 10.2. The molecule has 312 valence electrons. The van der Waals surface area contributed by atoms with Crippen molar-refractivity contribution >= 4 is 23.9 Å². The van der Waals surface area contributed by atoms with Crippen LogP contribution in [0.15, 0.2) is 0 Å². The lowest BCUT2D eigenvalue weighted by atomic mass is 9.52. The molecule has 0 spiro atoms. The lowest BCUT2D eigenvalue weighted by molar-refractivity contribution is -0.173. The van der Waals surface area contributed by atoms with Crippen LogP contribution in [0.1, 0.15) is 169 Å². The minimum absolute atomic E-state index is 0.1000. The van der Waals surface area contributed by atoms with E-state index in [9.17, 15) is 19.2 Å². The molecule has 9 unspecified atom stereocenters. The van der Waals surface area contributed by atoms with Gasteiger partial charge in [-0.15, -0.1) is 0 Å². The van der Waals surface area contributed by atoms with Gasteiger partial charge in [-0.1, -0.05) is 79.1 Å². The maximum absolute atomic E-state index is 13.3. The summed E-state index contributed by atoms with van der Waals surface area (Å²) in [5.74, 6) is -0.240. The summed E-state index contributed by atoms with van der Waals surface area (Å²) in [7, 11) is 0. The summed E-state index contributed by atoms with van der Waals surface area (Å²) in [6.07, 6.45) is 17.7. The van der Waals surface area contributed by atoms with Crippen molar-refractivity contribution in [3.8, 4) is 0 Å². The van der Waals surface area contributed by atoms with Crippen molar-refractivity contribution in [2.24, 2.45) is 51.7 Å². The molecule has 0 aromatic rings. The number of nitrogens with two attached hydrogens (primary N) is 3. The lowest BCUT2D eigenvalue weighted by Gasteiger charge is -2.55. The topological polar surface area (TPSA) is 183 Å². The molecule has 0 aromatic carbocycles. The van der Waals surface area contributed by atoms with Gasteiger partial charge in [0.25, 0.3) is 0 Å². The average Bonchev–Trinajstić information content (AvgIpc) is 3.53. The van der Waals surface area contributed by atoms with Crippen molar-refractivity contribution in [1.82, 2.24) is 0 Å². The summed E-state index contributed by atoms with van der Waals surface area (Å²) in [6, 6.07) is 0. The van der Waals surface area contributed by atoms with E-state index >= 15 is 0 Å². The van der Waals surface area contributed by atoms with Crippen LogP contribution >= 0.6 is 0 Å². The number of ether oxygens (including phenoxy) is 4. The van der Waals surface area contributed by atoms with Crippen LogP contribution in [0.2, 0.25) is 0 Å². The first-order valence-corrected chi connectivity index (χ1v) is 21.7. The SMILES string of the molecule is CCCCCCCCCCOC(=O)CCC(C)C1CCCC1(C)C(CC1CC(OC(=O)CCN)CC2CC(OC(=O)CCN)CCC21C)OC(=O)CCN. The molecule has 0 amide bonds. The third-order valence-corrected chi connectivity index (χ3v) is 13.5. The van der Waals surface area contributed by atoms with Gasteiger partial charge in [0.05, 0.1) is 25.9 Å². The Morgan fingerprint density at radius 2 is 1.30 bits per heavy atom. The second-order valence-electron chi connectivity index (χ2n) is 17.4. The molecule has 3 rings (SSSR count). The third kappa shape index (κ3) is 14.1.